The zero-order valence-corrected chi connectivity index (χ0v) is 18.0. The maximum Gasteiger partial charge on any atom is 0.262 e. The largest absolute Gasteiger partial charge is 0.379 e. The van der Waals surface area contributed by atoms with Crippen molar-refractivity contribution in [2.75, 3.05) is 31.6 Å². The molecule has 0 unspecified atom stereocenters. The van der Waals surface area contributed by atoms with Crippen LogP contribution in [-0.4, -0.2) is 54.5 Å². The number of benzene rings is 1. The molecular formula is C18H17ClN4O5S2. The molecule has 0 aliphatic carbocycles. The van der Waals surface area contributed by atoms with Crippen molar-refractivity contribution in [3.8, 4) is 0 Å². The van der Waals surface area contributed by atoms with E-state index in [1.807, 2.05) is 0 Å². The van der Waals surface area contributed by atoms with Crippen molar-refractivity contribution in [3.05, 3.63) is 51.3 Å². The van der Waals surface area contributed by atoms with Crippen LogP contribution in [-0.2, 0) is 26.1 Å². The molecule has 1 aliphatic rings. The third-order valence-corrected chi connectivity index (χ3v) is 7.63. The molecule has 1 saturated heterocycles. The summed E-state index contributed by atoms with van der Waals surface area (Å²) in [6, 6.07) is 5.77. The van der Waals surface area contributed by atoms with Gasteiger partial charge < -0.3 is 10.1 Å². The van der Waals surface area contributed by atoms with Crippen LogP contribution in [0.3, 0.4) is 0 Å². The first kappa shape index (κ1) is 20.9. The second-order valence-electron chi connectivity index (χ2n) is 6.52. The van der Waals surface area contributed by atoms with Crippen molar-refractivity contribution >= 4 is 54.8 Å². The Bertz CT molecular complexity index is 1270. The minimum Gasteiger partial charge on any atom is -0.379 e. The minimum atomic E-state index is -3.74. The molecule has 0 bridgehead atoms. The lowest BCUT2D eigenvalue weighted by Gasteiger charge is -2.26. The molecule has 0 radical (unpaired) electrons. The van der Waals surface area contributed by atoms with E-state index in [-0.39, 0.29) is 40.8 Å². The van der Waals surface area contributed by atoms with Crippen molar-refractivity contribution < 1.29 is 17.9 Å². The maximum absolute atomic E-state index is 12.8. The van der Waals surface area contributed by atoms with Crippen LogP contribution in [0.4, 0.5) is 5.69 Å². The number of hydrogen-bond donors (Lipinski definition) is 1. The van der Waals surface area contributed by atoms with E-state index in [0.717, 1.165) is 0 Å². The van der Waals surface area contributed by atoms with Crippen LogP contribution in [0.15, 0.2) is 45.7 Å². The van der Waals surface area contributed by atoms with Crippen molar-refractivity contribution in [1.82, 2.24) is 13.9 Å². The highest BCUT2D eigenvalue weighted by molar-refractivity contribution is 7.89. The number of carbonyl (C=O) groups is 1. The lowest BCUT2D eigenvalue weighted by Crippen LogP contribution is -2.40. The molecule has 2 aromatic heterocycles. The van der Waals surface area contributed by atoms with Gasteiger partial charge in [0, 0.05) is 13.1 Å². The van der Waals surface area contributed by atoms with E-state index in [1.54, 1.807) is 11.4 Å². The number of nitrogens with one attached hydrogen (secondary N) is 1. The maximum atomic E-state index is 12.8. The number of amides is 1. The fourth-order valence-electron chi connectivity index (χ4n) is 3.05. The van der Waals surface area contributed by atoms with E-state index in [4.69, 9.17) is 16.3 Å². The average Bonchev–Trinajstić information content (AvgIpc) is 3.22. The number of carbonyl (C=O) groups excluding carboxylic acids is 1. The quantitative estimate of drug-likeness (QED) is 0.611. The molecule has 3 heterocycles. The minimum absolute atomic E-state index is 0.0163. The SMILES string of the molecule is O=C(Cn1cnc2sccc2c1=O)Nc1cc(S(=O)(=O)N2CCOCC2)ccc1Cl. The highest BCUT2D eigenvalue weighted by Gasteiger charge is 2.27. The molecule has 0 atom stereocenters. The highest BCUT2D eigenvalue weighted by Crippen LogP contribution is 2.27. The summed E-state index contributed by atoms with van der Waals surface area (Å²) in [5.41, 5.74) is -0.181. The summed E-state index contributed by atoms with van der Waals surface area (Å²) in [4.78, 5) is 29.7. The Morgan fingerprint density at radius 2 is 2.03 bits per heavy atom. The Morgan fingerprint density at radius 1 is 1.27 bits per heavy atom. The van der Waals surface area contributed by atoms with E-state index < -0.39 is 15.9 Å². The van der Waals surface area contributed by atoms with E-state index in [9.17, 15) is 18.0 Å². The first-order chi connectivity index (χ1) is 14.4. The number of anilines is 1. The van der Waals surface area contributed by atoms with Crippen LogP contribution in [0.5, 0.6) is 0 Å². The van der Waals surface area contributed by atoms with Crippen LogP contribution >= 0.6 is 22.9 Å². The number of rotatable bonds is 5. The summed E-state index contributed by atoms with van der Waals surface area (Å²) in [6.45, 7) is 0.886. The molecule has 12 heteroatoms. The molecule has 30 heavy (non-hydrogen) atoms. The predicted octanol–water partition coefficient (Wildman–Crippen LogP) is 1.77. The summed E-state index contributed by atoms with van der Waals surface area (Å²) in [7, 11) is -3.74. The fourth-order valence-corrected chi connectivity index (χ4v) is 5.37. The molecule has 158 valence electrons. The third kappa shape index (κ3) is 4.12. The second kappa shape index (κ2) is 8.44. The fraction of sp³-hybridized carbons (Fsp3) is 0.278. The molecule has 3 aromatic rings. The molecule has 4 rings (SSSR count). The zero-order chi connectivity index (χ0) is 21.3. The van der Waals surface area contributed by atoms with Gasteiger partial charge in [0.1, 0.15) is 11.4 Å². The van der Waals surface area contributed by atoms with Gasteiger partial charge >= 0.3 is 0 Å². The summed E-state index contributed by atoms with van der Waals surface area (Å²) in [5.74, 6) is -0.531. The summed E-state index contributed by atoms with van der Waals surface area (Å²) in [5, 5.41) is 4.95. The van der Waals surface area contributed by atoms with Gasteiger partial charge in [-0.1, -0.05) is 11.6 Å². The molecule has 1 aromatic carbocycles. The van der Waals surface area contributed by atoms with E-state index in [1.165, 1.54) is 44.7 Å². The number of halogens is 1. The Balaban J connectivity index is 1.55. The van der Waals surface area contributed by atoms with E-state index >= 15 is 0 Å². The Labute approximate surface area is 180 Å². The van der Waals surface area contributed by atoms with Crippen LogP contribution in [0.2, 0.25) is 5.02 Å². The van der Waals surface area contributed by atoms with Gasteiger partial charge in [0.05, 0.1) is 40.5 Å². The molecule has 1 aliphatic heterocycles. The van der Waals surface area contributed by atoms with Crippen molar-refractivity contribution in [1.29, 1.82) is 0 Å². The zero-order valence-electron chi connectivity index (χ0n) is 15.6. The highest BCUT2D eigenvalue weighted by atomic mass is 35.5. The normalized spacial score (nSPS) is 15.4. The van der Waals surface area contributed by atoms with E-state index in [0.29, 0.717) is 23.4 Å². The molecule has 1 fully saturated rings. The lowest BCUT2D eigenvalue weighted by molar-refractivity contribution is -0.116. The van der Waals surface area contributed by atoms with E-state index in [2.05, 4.69) is 10.3 Å². The molecule has 1 amide bonds. The predicted molar refractivity (Wildman–Crippen MR) is 114 cm³/mol. The Morgan fingerprint density at radius 3 is 2.80 bits per heavy atom. The summed E-state index contributed by atoms with van der Waals surface area (Å²) in [6.07, 6.45) is 1.31. The number of morpholine rings is 1. The molecule has 1 N–H and O–H groups in total. The number of thiophene rings is 1. The monoisotopic (exact) mass is 468 g/mol. The van der Waals surface area contributed by atoms with Gasteiger partial charge in [-0.2, -0.15) is 4.31 Å². The topological polar surface area (TPSA) is 111 Å². The van der Waals surface area contributed by atoms with Crippen LogP contribution in [0.25, 0.3) is 10.2 Å². The van der Waals surface area contributed by atoms with Gasteiger partial charge in [-0.05, 0) is 29.6 Å². The van der Waals surface area contributed by atoms with Gasteiger partial charge in [0.25, 0.3) is 5.56 Å². The number of fused-ring (bicyclic) bond motifs is 1. The number of ether oxygens (including phenoxy) is 1. The molecule has 0 saturated carbocycles. The van der Waals surface area contributed by atoms with Crippen molar-refractivity contribution in [2.24, 2.45) is 0 Å². The van der Waals surface area contributed by atoms with Crippen LogP contribution in [0, 0.1) is 0 Å². The number of nitrogens with zero attached hydrogens (tertiary/aromatic N) is 3. The van der Waals surface area contributed by atoms with Crippen LogP contribution in [0.1, 0.15) is 0 Å². The van der Waals surface area contributed by atoms with Gasteiger partial charge in [-0.15, -0.1) is 11.3 Å². The number of hydrogen-bond acceptors (Lipinski definition) is 7. The van der Waals surface area contributed by atoms with Crippen molar-refractivity contribution in [2.45, 2.75) is 11.4 Å². The third-order valence-electron chi connectivity index (χ3n) is 4.58. The van der Waals surface area contributed by atoms with Gasteiger partial charge in [-0.25, -0.2) is 13.4 Å². The smallest absolute Gasteiger partial charge is 0.262 e. The second-order valence-corrected chi connectivity index (χ2v) is 9.76. The average molecular weight is 469 g/mol. The number of sulfonamides is 1. The van der Waals surface area contributed by atoms with Gasteiger partial charge in [0.15, 0.2) is 0 Å². The Kier molecular flexibility index (Phi) is 5.89. The molecule has 9 nitrogen and oxygen atoms in total. The first-order valence-electron chi connectivity index (χ1n) is 8.96. The molecular weight excluding hydrogens is 452 g/mol. The number of aromatic nitrogens is 2. The van der Waals surface area contributed by atoms with Crippen LogP contribution < -0.4 is 10.9 Å². The summed E-state index contributed by atoms with van der Waals surface area (Å²) >= 11 is 7.49. The first-order valence-corrected chi connectivity index (χ1v) is 11.7. The standard InChI is InChI=1S/C18H17ClN4O5S2/c19-14-2-1-12(30(26,27)23-4-6-28-7-5-23)9-15(14)21-16(24)10-22-11-20-17-13(18(22)25)3-8-29-17/h1-3,8-9,11H,4-7,10H2,(H,21,24). The lowest BCUT2D eigenvalue weighted by atomic mass is 10.3. The van der Waals surface area contributed by atoms with Gasteiger partial charge in [-0.3, -0.25) is 14.2 Å². The summed E-state index contributed by atoms with van der Waals surface area (Å²) < 4.78 is 33.4. The van der Waals surface area contributed by atoms with Crippen molar-refractivity contribution in [3.63, 3.8) is 0 Å². The Hall–Kier alpha value is -2.31. The molecule has 0 spiro atoms. The van der Waals surface area contributed by atoms with Gasteiger partial charge in [0.2, 0.25) is 15.9 Å².